The number of rotatable bonds is 4. The highest BCUT2D eigenvalue weighted by molar-refractivity contribution is 5.46. The molecule has 0 bridgehead atoms. The molecule has 0 fully saturated rings. The van der Waals surface area contributed by atoms with Gasteiger partial charge in [0.05, 0.1) is 6.10 Å². The summed E-state index contributed by atoms with van der Waals surface area (Å²) in [7, 11) is 0. The van der Waals surface area contributed by atoms with E-state index in [4.69, 9.17) is 9.47 Å². The van der Waals surface area contributed by atoms with Gasteiger partial charge in [0.25, 0.3) is 0 Å². The second-order valence-electron chi connectivity index (χ2n) is 4.27. The molecule has 1 aromatic carbocycles. The average Bonchev–Trinajstić information content (AvgIpc) is 2.83. The first kappa shape index (κ1) is 12.2. The Hall–Kier alpha value is -1.26. The summed E-state index contributed by atoms with van der Waals surface area (Å²) in [5.41, 5.74) is -0.561. The molecule has 1 aliphatic rings. The van der Waals surface area contributed by atoms with Gasteiger partial charge in [0, 0.05) is 0 Å². The predicted octanol–water partition coefficient (Wildman–Crippen LogP) is 1.78. The maximum atomic E-state index is 10.5. The summed E-state index contributed by atoms with van der Waals surface area (Å²) in [6, 6.07) is 5.28. The van der Waals surface area contributed by atoms with Crippen molar-refractivity contribution in [2.24, 2.45) is 0 Å². The van der Waals surface area contributed by atoms with Crippen LogP contribution in [0.4, 0.5) is 0 Å². The Kier molecular flexibility index (Phi) is 3.26. The molecule has 0 amide bonds. The smallest absolute Gasteiger partial charge is 0.231 e. The van der Waals surface area contributed by atoms with Crippen molar-refractivity contribution >= 4 is 0 Å². The van der Waals surface area contributed by atoms with Crippen molar-refractivity contribution in [3.05, 3.63) is 23.8 Å². The molecule has 1 heterocycles. The molecule has 4 nitrogen and oxygen atoms in total. The van der Waals surface area contributed by atoms with Crippen molar-refractivity contribution in [3.8, 4) is 11.5 Å². The normalized spacial score (nSPS) is 18.8. The number of benzene rings is 1. The molecular weight excluding hydrogens is 220 g/mol. The Morgan fingerprint density at radius 1 is 1.29 bits per heavy atom. The summed E-state index contributed by atoms with van der Waals surface area (Å²) in [6.45, 7) is 3.90. The Balaban J connectivity index is 2.37. The van der Waals surface area contributed by atoms with E-state index < -0.39 is 11.7 Å². The van der Waals surface area contributed by atoms with E-state index in [1.165, 1.54) is 0 Å². The summed E-state index contributed by atoms with van der Waals surface area (Å²) >= 11 is 0. The van der Waals surface area contributed by atoms with Gasteiger partial charge in [-0.25, -0.2) is 0 Å². The largest absolute Gasteiger partial charge is 0.454 e. The molecule has 1 aromatic rings. The summed E-state index contributed by atoms with van der Waals surface area (Å²) < 4.78 is 10.5. The van der Waals surface area contributed by atoms with Crippen LogP contribution in [0.3, 0.4) is 0 Å². The molecule has 0 spiro atoms. The maximum absolute atomic E-state index is 10.5. The van der Waals surface area contributed by atoms with Gasteiger partial charge in [-0.15, -0.1) is 0 Å². The van der Waals surface area contributed by atoms with Crippen molar-refractivity contribution in [2.75, 3.05) is 6.79 Å². The van der Waals surface area contributed by atoms with Gasteiger partial charge in [-0.05, 0) is 30.5 Å². The zero-order chi connectivity index (χ0) is 12.5. The Morgan fingerprint density at radius 3 is 2.65 bits per heavy atom. The van der Waals surface area contributed by atoms with Crippen LogP contribution in [0.2, 0.25) is 0 Å². The summed E-state index contributed by atoms with van der Waals surface area (Å²) in [5, 5.41) is 20.5. The third kappa shape index (κ3) is 1.98. The lowest BCUT2D eigenvalue weighted by molar-refractivity contribution is -0.0844. The molecule has 2 rings (SSSR count). The van der Waals surface area contributed by atoms with Crippen molar-refractivity contribution in [2.45, 2.75) is 38.4 Å². The van der Waals surface area contributed by atoms with Gasteiger partial charge in [-0.2, -0.15) is 0 Å². The molecule has 2 unspecified atom stereocenters. The van der Waals surface area contributed by atoms with Crippen LogP contribution in [0.1, 0.15) is 32.3 Å². The Bertz CT molecular complexity index is 404. The van der Waals surface area contributed by atoms with Gasteiger partial charge >= 0.3 is 0 Å². The SMILES string of the molecule is CCC(O)C(O)(CC)c1ccc2c(c1)OCO2. The monoisotopic (exact) mass is 238 g/mol. The van der Waals surface area contributed by atoms with E-state index in [9.17, 15) is 10.2 Å². The van der Waals surface area contributed by atoms with Crippen LogP contribution >= 0.6 is 0 Å². The molecule has 4 heteroatoms. The van der Waals surface area contributed by atoms with E-state index in [1.807, 2.05) is 13.8 Å². The Labute approximate surface area is 101 Å². The lowest BCUT2D eigenvalue weighted by atomic mass is 9.84. The van der Waals surface area contributed by atoms with E-state index in [0.717, 1.165) is 0 Å². The first-order valence-electron chi connectivity index (χ1n) is 5.92. The summed E-state index contributed by atoms with van der Waals surface area (Å²) in [6.07, 6.45) is 0.160. The highest BCUT2D eigenvalue weighted by Crippen LogP contribution is 2.38. The number of hydrogen-bond acceptors (Lipinski definition) is 4. The van der Waals surface area contributed by atoms with Crippen LogP contribution in [0.5, 0.6) is 11.5 Å². The third-order valence-electron chi connectivity index (χ3n) is 3.35. The minimum absolute atomic E-state index is 0.208. The van der Waals surface area contributed by atoms with Crippen LogP contribution in [-0.4, -0.2) is 23.1 Å². The fourth-order valence-electron chi connectivity index (χ4n) is 2.14. The number of aliphatic hydroxyl groups is 2. The van der Waals surface area contributed by atoms with E-state index in [2.05, 4.69) is 0 Å². The summed E-state index contributed by atoms with van der Waals surface area (Å²) in [4.78, 5) is 0. The summed E-state index contributed by atoms with van der Waals surface area (Å²) in [5.74, 6) is 1.30. The fourth-order valence-corrected chi connectivity index (χ4v) is 2.14. The number of ether oxygens (including phenoxy) is 2. The minimum atomic E-state index is -1.23. The average molecular weight is 238 g/mol. The highest BCUT2D eigenvalue weighted by Gasteiger charge is 2.35. The van der Waals surface area contributed by atoms with Gasteiger partial charge < -0.3 is 19.7 Å². The van der Waals surface area contributed by atoms with Crippen LogP contribution in [-0.2, 0) is 5.60 Å². The third-order valence-corrected chi connectivity index (χ3v) is 3.35. The predicted molar refractivity (Wildman–Crippen MR) is 63.1 cm³/mol. The molecule has 0 saturated heterocycles. The number of hydrogen-bond donors (Lipinski definition) is 2. The second kappa shape index (κ2) is 4.55. The van der Waals surface area contributed by atoms with Crippen molar-refractivity contribution in [1.82, 2.24) is 0 Å². The van der Waals surface area contributed by atoms with Crippen molar-refractivity contribution < 1.29 is 19.7 Å². The van der Waals surface area contributed by atoms with E-state index in [-0.39, 0.29) is 6.79 Å². The van der Waals surface area contributed by atoms with Gasteiger partial charge in [0.1, 0.15) is 5.60 Å². The molecule has 0 saturated carbocycles. The molecule has 0 aliphatic carbocycles. The zero-order valence-electron chi connectivity index (χ0n) is 10.1. The molecule has 0 aromatic heterocycles. The van der Waals surface area contributed by atoms with Crippen LogP contribution in [0.15, 0.2) is 18.2 Å². The number of fused-ring (bicyclic) bond motifs is 1. The van der Waals surface area contributed by atoms with E-state index >= 15 is 0 Å². The molecule has 17 heavy (non-hydrogen) atoms. The molecule has 0 radical (unpaired) electrons. The van der Waals surface area contributed by atoms with Crippen LogP contribution < -0.4 is 9.47 Å². The highest BCUT2D eigenvalue weighted by atomic mass is 16.7. The van der Waals surface area contributed by atoms with Crippen molar-refractivity contribution in [1.29, 1.82) is 0 Å². The molecule has 1 aliphatic heterocycles. The quantitative estimate of drug-likeness (QED) is 0.839. The van der Waals surface area contributed by atoms with Gasteiger partial charge in [0.15, 0.2) is 11.5 Å². The second-order valence-corrected chi connectivity index (χ2v) is 4.27. The lowest BCUT2D eigenvalue weighted by Gasteiger charge is -2.32. The molecule has 2 atom stereocenters. The molecule has 94 valence electrons. The van der Waals surface area contributed by atoms with Crippen LogP contribution in [0.25, 0.3) is 0 Å². The first-order chi connectivity index (χ1) is 8.11. The van der Waals surface area contributed by atoms with Crippen molar-refractivity contribution in [3.63, 3.8) is 0 Å². The van der Waals surface area contributed by atoms with Gasteiger partial charge in [-0.1, -0.05) is 19.9 Å². The molecular formula is C13H18O4. The first-order valence-corrected chi connectivity index (χ1v) is 5.92. The Morgan fingerprint density at radius 2 is 2.00 bits per heavy atom. The lowest BCUT2D eigenvalue weighted by Crippen LogP contribution is -2.38. The van der Waals surface area contributed by atoms with E-state index in [1.54, 1.807) is 18.2 Å². The standard InChI is InChI=1S/C13H18O4/c1-3-12(14)13(15,4-2)9-5-6-10-11(7-9)17-8-16-10/h5-7,12,14-15H,3-4,8H2,1-2H3. The maximum Gasteiger partial charge on any atom is 0.231 e. The zero-order valence-corrected chi connectivity index (χ0v) is 10.1. The van der Waals surface area contributed by atoms with Gasteiger partial charge in [0.2, 0.25) is 6.79 Å². The fraction of sp³-hybridized carbons (Fsp3) is 0.538. The topological polar surface area (TPSA) is 58.9 Å². The van der Waals surface area contributed by atoms with Crippen LogP contribution in [0, 0.1) is 0 Å². The number of aliphatic hydroxyl groups excluding tert-OH is 1. The minimum Gasteiger partial charge on any atom is -0.454 e. The van der Waals surface area contributed by atoms with Gasteiger partial charge in [-0.3, -0.25) is 0 Å². The van der Waals surface area contributed by atoms with E-state index in [0.29, 0.717) is 29.9 Å². The molecule has 2 N–H and O–H groups in total.